The van der Waals surface area contributed by atoms with Crippen LogP contribution in [0, 0.1) is 0 Å². The first kappa shape index (κ1) is 13.8. The van der Waals surface area contributed by atoms with Gasteiger partial charge in [0.05, 0.1) is 13.2 Å². The molecule has 0 spiro atoms. The first-order chi connectivity index (χ1) is 7.07. The van der Waals surface area contributed by atoms with E-state index in [1.54, 1.807) is 6.92 Å². The molecule has 6 heteroatoms. The van der Waals surface area contributed by atoms with Gasteiger partial charge in [-0.1, -0.05) is 18.2 Å². The molecular weight excluding hydrogens is 222 g/mol. The molecule has 5 nitrogen and oxygen atoms in total. The summed E-state index contributed by atoms with van der Waals surface area (Å²) in [6.07, 6.45) is -0.0573. The Morgan fingerprint density at radius 3 is 2.47 bits per heavy atom. The molecule has 0 bridgehead atoms. The van der Waals surface area contributed by atoms with Crippen molar-refractivity contribution in [2.45, 2.75) is 13.3 Å². The van der Waals surface area contributed by atoms with Gasteiger partial charge >= 0.3 is 12.1 Å². The maximum Gasteiger partial charge on any atom is 0.407 e. The van der Waals surface area contributed by atoms with Crippen LogP contribution in [0.4, 0.5) is 4.79 Å². The standard InChI is InChI=1S/C9H14ClNO4/c1-3-11-9(13)15-6-4-5-14-8(12)7(2)10/h2-6H2,1H3,(H,11,13). The van der Waals surface area contributed by atoms with Gasteiger partial charge < -0.3 is 14.8 Å². The number of amides is 1. The quantitative estimate of drug-likeness (QED) is 0.430. The Labute approximate surface area is 93.4 Å². The minimum absolute atomic E-state index is 0.143. The molecule has 1 N–H and O–H groups in total. The molecule has 0 aromatic heterocycles. The van der Waals surface area contributed by atoms with E-state index in [1.807, 2.05) is 0 Å². The maximum absolute atomic E-state index is 10.8. The van der Waals surface area contributed by atoms with Crippen LogP contribution >= 0.6 is 11.6 Å². The Morgan fingerprint density at radius 1 is 1.33 bits per heavy atom. The number of esters is 1. The van der Waals surface area contributed by atoms with Gasteiger partial charge in [0, 0.05) is 13.0 Å². The third kappa shape index (κ3) is 7.81. The number of ether oxygens (including phenoxy) is 2. The van der Waals surface area contributed by atoms with Crippen molar-refractivity contribution in [2.75, 3.05) is 19.8 Å². The van der Waals surface area contributed by atoms with Crippen LogP contribution in [0.2, 0.25) is 0 Å². The molecular formula is C9H14ClNO4. The first-order valence-electron chi connectivity index (χ1n) is 4.50. The number of nitrogens with one attached hydrogen (secondary N) is 1. The average Bonchev–Trinajstić information content (AvgIpc) is 2.17. The van der Waals surface area contributed by atoms with Crippen LogP contribution in [0.5, 0.6) is 0 Å². The Morgan fingerprint density at radius 2 is 1.93 bits per heavy atom. The predicted octanol–water partition coefficient (Wildman–Crippen LogP) is 1.42. The average molecular weight is 236 g/mol. The lowest BCUT2D eigenvalue weighted by Gasteiger charge is -2.05. The number of alkyl carbamates (subject to hydrolysis) is 1. The van der Waals surface area contributed by atoms with Gasteiger partial charge in [0.1, 0.15) is 5.03 Å². The topological polar surface area (TPSA) is 64.6 Å². The molecule has 0 heterocycles. The van der Waals surface area contributed by atoms with Crippen LogP contribution in [0.3, 0.4) is 0 Å². The second-order valence-electron chi connectivity index (χ2n) is 2.56. The summed E-state index contributed by atoms with van der Waals surface area (Å²) >= 11 is 5.27. The van der Waals surface area contributed by atoms with Crippen LogP contribution in [0.15, 0.2) is 11.6 Å². The summed E-state index contributed by atoms with van der Waals surface area (Å²) in [6.45, 7) is 5.83. The Kier molecular flexibility index (Phi) is 7.44. The highest BCUT2D eigenvalue weighted by Gasteiger charge is 2.04. The van der Waals surface area contributed by atoms with Crippen molar-refractivity contribution in [3.63, 3.8) is 0 Å². The van der Waals surface area contributed by atoms with Crippen LogP contribution in [0.25, 0.3) is 0 Å². The van der Waals surface area contributed by atoms with E-state index in [0.717, 1.165) is 0 Å². The number of rotatable bonds is 6. The molecule has 0 aromatic rings. The number of hydrogen-bond acceptors (Lipinski definition) is 4. The second kappa shape index (κ2) is 8.11. The highest BCUT2D eigenvalue weighted by Crippen LogP contribution is 1.99. The van der Waals surface area contributed by atoms with E-state index < -0.39 is 12.1 Å². The summed E-state index contributed by atoms with van der Waals surface area (Å²) in [6, 6.07) is 0. The summed E-state index contributed by atoms with van der Waals surface area (Å²) in [5.41, 5.74) is 0. The van der Waals surface area contributed by atoms with Crippen LogP contribution in [0.1, 0.15) is 13.3 Å². The number of halogens is 1. The van der Waals surface area contributed by atoms with E-state index in [1.165, 1.54) is 0 Å². The normalized spacial score (nSPS) is 9.20. The molecule has 86 valence electrons. The van der Waals surface area contributed by atoms with Crippen molar-refractivity contribution in [3.05, 3.63) is 11.6 Å². The zero-order valence-electron chi connectivity index (χ0n) is 8.55. The summed E-state index contributed by atoms with van der Waals surface area (Å²) in [7, 11) is 0. The Hall–Kier alpha value is -1.23. The monoisotopic (exact) mass is 235 g/mol. The molecule has 0 saturated carbocycles. The molecule has 0 saturated heterocycles. The fourth-order valence-corrected chi connectivity index (χ4v) is 0.717. The van der Waals surface area contributed by atoms with Crippen molar-refractivity contribution >= 4 is 23.7 Å². The van der Waals surface area contributed by atoms with E-state index in [-0.39, 0.29) is 18.2 Å². The van der Waals surface area contributed by atoms with Gasteiger partial charge in [-0.25, -0.2) is 9.59 Å². The van der Waals surface area contributed by atoms with Gasteiger partial charge in [-0.2, -0.15) is 0 Å². The third-order valence-electron chi connectivity index (χ3n) is 1.30. The van der Waals surface area contributed by atoms with Crippen molar-refractivity contribution in [1.29, 1.82) is 0 Å². The lowest BCUT2D eigenvalue weighted by molar-refractivity contribution is -0.138. The molecule has 0 fully saturated rings. The van der Waals surface area contributed by atoms with E-state index in [2.05, 4.69) is 16.6 Å². The smallest absolute Gasteiger partial charge is 0.407 e. The fourth-order valence-electron chi connectivity index (χ4n) is 0.662. The van der Waals surface area contributed by atoms with Gasteiger partial charge in [-0.15, -0.1) is 0 Å². The molecule has 0 aliphatic rings. The molecule has 0 unspecified atom stereocenters. The minimum atomic E-state index is -0.658. The molecule has 0 aliphatic carbocycles. The molecule has 15 heavy (non-hydrogen) atoms. The lowest BCUT2D eigenvalue weighted by Crippen LogP contribution is -2.24. The largest absolute Gasteiger partial charge is 0.461 e. The van der Waals surface area contributed by atoms with E-state index in [9.17, 15) is 9.59 Å². The van der Waals surface area contributed by atoms with Gasteiger partial charge in [-0.3, -0.25) is 0 Å². The first-order valence-corrected chi connectivity index (χ1v) is 4.88. The third-order valence-corrected chi connectivity index (χ3v) is 1.45. The van der Waals surface area contributed by atoms with Crippen molar-refractivity contribution in [1.82, 2.24) is 5.32 Å². The predicted molar refractivity (Wildman–Crippen MR) is 55.6 cm³/mol. The van der Waals surface area contributed by atoms with Crippen molar-refractivity contribution < 1.29 is 19.1 Å². The molecule has 0 radical (unpaired) electrons. The summed E-state index contributed by atoms with van der Waals surface area (Å²) in [5, 5.41) is 2.29. The van der Waals surface area contributed by atoms with Crippen LogP contribution < -0.4 is 5.32 Å². The summed E-state index contributed by atoms with van der Waals surface area (Å²) in [4.78, 5) is 21.5. The van der Waals surface area contributed by atoms with E-state index in [0.29, 0.717) is 13.0 Å². The molecule has 0 rings (SSSR count). The highest BCUT2D eigenvalue weighted by molar-refractivity contribution is 6.40. The lowest BCUT2D eigenvalue weighted by atomic mass is 10.5. The number of carbonyl (C=O) groups is 2. The maximum atomic E-state index is 10.8. The minimum Gasteiger partial charge on any atom is -0.461 e. The van der Waals surface area contributed by atoms with Gasteiger partial charge in [0.15, 0.2) is 0 Å². The SMILES string of the molecule is C=C(Cl)C(=O)OCCCOC(=O)NCC. The van der Waals surface area contributed by atoms with Gasteiger partial charge in [0.25, 0.3) is 0 Å². The van der Waals surface area contributed by atoms with Crippen molar-refractivity contribution in [3.8, 4) is 0 Å². The molecule has 1 amide bonds. The number of hydrogen-bond donors (Lipinski definition) is 1. The number of carbonyl (C=O) groups excluding carboxylic acids is 2. The molecule has 0 aliphatic heterocycles. The van der Waals surface area contributed by atoms with E-state index in [4.69, 9.17) is 16.3 Å². The summed E-state index contributed by atoms with van der Waals surface area (Å²) < 4.78 is 9.39. The zero-order valence-corrected chi connectivity index (χ0v) is 9.30. The second-order valence-corrected chi connectivity index (χ2v) is 3.02. The zero-order chi connectivity index (χ0) is 11.7. The Bertz CT molecular complexity index is 242. The van der Waals surface area contributed by atoms with Crippen molar-refractivity contribution in [2.24, 2.45) is 0 Å². The van der Waals surface area contributed by atoms with Gasteiger partial charge in [-0.05, 0) is 6.92 Å². The molecule has 0 aromatic carbocycles. The van der Waals surface area contributed by atoms with Gasteiger partial charge in [0.2, 0.25) is 0 Å². The Balaban J connectivity index is 3.36. The van der Waals surface area contributed by atoms with Crippen LogP contribution in [-0.2, 0) is 14.3 Å². The summed E-state index contributed by atoms with van der Waals surface area (Å²) in [5.74, 6) is -0.658. The fraction of sp³-hybridized carbons (Fsp3) is 0.556. The van der Waals surface area contributed by atoms with Crippen LogP contribution in [-0.4, -0.2) is 31.8 Å². The van der Waals surface area contributed by atoms with E-state index >= 15 is 0 Å². The molecule has 0 atom stereocenters. The highest BCUT2D eigenvalue weighted by atomic mass is 35.5.